The molecule has 0 atom stereocenters. The van der Waals surface area contributed by atoms with Crippen molar-refractivity contribution in [3.63, 3.8) is 0 Å². The third-order valence-corrected chi connectivity index (χ3v) is 4.42. The normalized spacial score (nSPS) is 14.9. The molecule has 1 aliphatic rings. The van der Waals surface area contributed by atoms with Crippen molar-refractivity contribution in [3.05, 3.63) is 65.2 Å². The first-order valence-electron chi connectivity index (χ1n) is 8.30. The Morgan fingerprint density at radius 3 is 2.76 bits per heavy atom. The van der Waals surface area contributed by atoms with Crippen LogP contribution in [0.5, 0.6) is 5.75 Å². The second-order valence-corrected chi connectivity index (χ2v) is 6.39. The van der Waals surface area contributed by atoms with Crippen molar-refractivity contribution in [1.29, 1.82) is 5.26 Å². The van der Waals surface area contributed by atoms with Crippen LogP contribution in [0.4, 0.5) is 0 Å². The number of carbonyl (C=O) groups is 1. The van der Waals surface area contributed by atoms with Gasteiger partial charge in [-0.1, -0.05) is 18.2 Å². The largest absolute Gasteiger partial charge is 0.489 e. The van der Waals surface area contributed by atoms with E-state index in [4.69, 9.17) is 10.00 Å². The lowest BCUT2D eigenvalue weighted by molar-refractivity contribution is -0.0300. The van der Waals surface area contributed by atoms with Crippen molar-refractivity contribution >= 4 is 5.91 Å². The molecule has 1 fully saturated rings. The number of hydrogen-bond donors (Lipinski definition) is 2. The number of nitriles is 1. The second-order valence-electron chi connectivity index (χ2n) is 6.39. The van der Waals surface area contributed by atoms with E-state index in [0.29, 0.717) is 23.5 Å². The highest BCUT2D eigenvalue weighted by Crippen LogP contribution is 2.30. The highest BCUT2D eigenvalue weighted by molar-refractivity contribution is 5.94. The third kappa shape index (κ3) is 4.37. The zero-order chi connectivity index (χ0) is 17.7. The number of nitrogens with zero attached hydrogens (tertiary/aromatic N) is 1. The van der Waals surface area contributed by atoms with E-state index >= 15 is 0 Å². The van der Waals surface area contributed by atoms with Gasteiger partial charge in [0.25, 0.3) is 5.91 Å². The molecule has 1 amide bonds. The molecular formula is C20H20N2O3. The number of hydrogen-bond acceptors (Lipinski definition) is 4. The van der Waals surface area contributed by atoms with E-state index in [-0.39, 0.29) is 12.5 Å². The Morgan fingerprint density at radius 2 is 2.04 bits per heavy atom. The molecule has 0 heterocycles. The minimum Gasteiger partial charge on any atom is -0.489 e. The quantitative estimate of drug-likeness (QED) is 0.850. The zero-order valence-electron chi connectivity index (χ0n) is 13.9. The fourth-order valence-electron chi connectivity index (χ4n) is 2.73. The van der Waals surface area contributed by atoms with Gasteiger partial charge >= 0.3 is 0 Å². The molecule has 0 aliphatic heterocycles. The summed E-state index contributed by atoms with van der Waals surface area (Å²) in [4.78, 5) is 12.2. The van der Waals surface area contributed by atoms with Crippen LogP contribution in [0.25, 0.3) is 0 Å². The van der Waals surface area contributed by atoms with Crippen LogP contribution in [0.15, 0.2) is 48.5 Å². The number of ether oxygens (including phenoxy) is 1. The fourth-order valence-corrected chi connectivity index (χ4v) is 2.73. The van der Waals surface area contributed by atoms with Crippen LogP contribution in [-0.2, 0) is 6.61 Å². The molecule has 5 nitrogen and oxygen atoms in total. The number of aliphatic hydroxyl groups is 1. The Kier molecular flexibility index (Phi) is 5.01. The van der Waals surface area contributed by atoms with Gasteiger partial charge < -0.3 is 15.2 Å². The van der Waals surface area contributed by atoms with Crippen LogP contribution in [0.1, 0.15) is 40.7 Å². The predicted molar refractivity (Wildman–Crippen MR) is 93.1 cm³/mol. The lowest BCUT2D eigenvalue weighted by Gasteiger charge is -2.36. The van der Waals surface area contributed by atoms with E-state index < -0.39 is 5.60 Å². The van der Waals surface area contributed by atoms with Gasteiger partial charge in [-0.05, 0) is 55.2 Å². The Bertz CT molecular complexity index is 807. The van der Waals surface area contributed by atoms with E-state index in [2.05, 4.69) is 11.4 Å². The SMILES string of the molecule is N#Cc1cccc(OCc2cccc(C(=O)NCC3(O)CCC3)c2)c1. The average molecular weight is 336 g/mol. The van der Waals surface area contributed by atoms with Crippen molar-refractivity contribution in [2.45, 2.75) is 31.5 Å². The minimum atomic E-state index is -0.734. The van der Waals surface area contributed by atoms with Gasteiger partial charge in [0.2, 0.25) is 0 Å². The minimum absolute atomic E-state index is 0.200. The summed E-state index contributed by atoms with van der Waals surface area (Å²) in [6.45, 7) is 0.591. The molecule has 128 valence electrons. The molecule has 25 heavy (non-hydrogen) atoms. The van der Waals surface area contributed by atoms with Gasteiger partial charge in [0.15, 0.2) is 0 Å². The van der Waals surface area contributed by atoms with Crippen molar-refractivity contribution in [1.82, 2.24) is 5.32 Å². The topological polar surface area (TPSA) is 82.3 Å². The molecule has 2 aromatic carbocycles. The molecular weight excluding hydrogens is 316 g/mol. The molecule has 0 aromatic heterocycles. The van der Waals surface area contributed by atoms with Crippen molar-refractivity contribution < 1.29 is 14.6 Å². The smallest absolute Gasteiger partial charge is 0.251 e. The molecule has 1 aliphatic carbocycles. The molecule has 0 radical (unpaired) electrons. The average Bonchev–Trinajstić information content (AvgIpc) is 2.63. The van der Waals surface area contributed by atoms with Gasteiger partial charge in [-0.25, -0.2) is 0 Å². The summed E-state index contributed by atoms with van der Waals surface area (Å²) in [6, 6.07) is 16.2. The van der Waals surface area contributed by atoms with Crippen LogP contribution < -0.4 is 10.1 Å². The predicted octanol–water partition coefficient (Wildman–Crippen LogP) is 2.78. The van der Waals surface area contributed by atoms with Crippen molar-refractivity contribution in [2.24, 2.45) is 0 Å². The Labute approximate surface area is 146 Å². The Morgan fingerprint density at radius 1 is 1.24 bits per heavy atom. The van der Waals surface area contributed by atoms with Gasteiger partial charge in [0.1, 0.15) is 12.4 Å². The lowest BCUT2D eigenvalue weighted by atomic mass is 9.80. The van der Waals surface area contributed by atoms with Crippen LogP contribution in [-0.4, -0.2) is 23.2 Å². The number of benzene rings is 2. The molecule has 2 aromatic rings. The Hall–Kier alpha value is -2.84. The first-order valence-corrected chi connectivity index (χ1v) is 8.30. The number of carbonyl (C=O) groups excluding carboxylic acids is 1. The van der Waals surface area contributed by atoms with Gasteiger partial charge in [0, 0.05) is 12.1 Å². The van der Waals surface area contributed by atoms with E-state index in [1.165, 1.54) is 0 Å². The van der Waals surface area contributed by atoms with Crippen LogP contribution in [0.3, 0.4) is 0 Å². The molecule has 3 rings (SSSR count). The maximum absolute atomic E-state index is 12.2. The van der Waals surface area contributed by atoms with Crippen LogP contribution in [0, 0.1) is 11.3 Å². The third-order valence-electron chi connectivity index (χ3n) is 4.42. The highest BCUT2D eigenvalue weighted by Gasteiger charge is 2.34. The first-order chi connectivity index (χ1) is 12.1. The second kappa shape index (κ2) is 7.37. The molecule has 1 saturated carbocycles. The van der Waals surface area contributed by atoms with Crippen molar-refractivity contribution in [2.75, 3.05) is 6.54 Å². The molecule has 5 heteroatoms. The first kappa shape index (κ1) is 17.0. The summed E-state index contributed by atoms with van der Waals surface area (Å²) in [5, 5.41) is 21.8. The summed E-state index contributed by atoms with van der Waals surface area (Å²) in [7, 11) is 0. The van der Waals surface area contributed by atoms with Gasteiger partial charge in [0.05, 0.1) is 17.2 Å². The van der Waals surface area contributed by atoms with Gasteiger partial charge in [-0.15, -0.1) is 0 Å². The van der Waals surface area contributed by atoms with E-state index in [1.807, 2.05) is 6.07 Å². The number of amides is 1. The Balaban J connectivity index is 1.59. The molecule has 0 spiro atoms. The molecule has 0 unspecified atom stereocenters. The summed E-state index contributed by atoms with van der Waals surface area (Å²) in [6.07, 6.45) is 2.48. The van der Waals surface area contributed by atoms with Crippen LogP contribution in [0.2, 0.25) is 0 Å². The fraction of sp³-hybridized carbons (Fsp3) is 0.300. The summed E-state index contributed by atoms with van der Waals surface area (Å²) >= 11 is 0. The van der Waals surface area contributed by atoms with Crippen molar-refractivity contribution in [3.8, 4) is 11.8 Å². The lowest BCUT2D eigenvalue weighted by Crippen LogP contribution is -2.47. The monoisotopic (exact) mass is 336 g/mol. The highest BCUT2D eigenvalue weighted by atomic mass is 16.5. The maximum Gasteiger partial charge on any atom is 0.251 e. The summed E-state index contributed by atoms with van der Waals surface area (Å²) in [5.41, 5.74) is 1.20. The number of rotatable bonds is 6. The van der Waals surface area contributed by atoms with E-state index in [9.17, 15) is 9.90 Å². The molecule has 2 N–H and O–H groups in total. The number of nitrogens with one attached hydrogen (secondary N) is 1. The molecule has 0 saturated heterocycles. The van der Waals surface area contributed by atoms with Gasteiger partial charge in [-0.3, -0.25) is 4.79 Å². The van der Waals surface area contributed by atoms with E-state index in [0.717, 1.165) is 24.8 Å². The molecule has 0 bridgehead atoms. The maximum atomic E-state index is 12.2. The standard InChI is InChI=1S/C20H20N2O3/c21-12-15-4-2-7-18(11-15)25-13-16-5-1-6-17(10-16)19(23)22-14-20(24)8-3-9-20/h1-2,4-7,10-11,24H,3,8-9,13-14H2,(H,22,23). The van der Waals surface area contributed by atoms with E-state index in [1.54, 1.807) is 42.5 Å². The van der Waals surface area contributed by atoms with Gasteiger partial charge in [-0.2, -0.15) is 5.26 Å². The summed E-state index contributed by atoms with van der Waals surface area (Å²) < 4.78 is 5.69. The van der Waals surface area contributed by atoms with Crippen LogP contribution >= 0.6 is 0 Å². The zero-order valence-corrected chi connectivity index (χ0v) is 13.9. The summed E-state index contributed by atoms with van der Waals surface area (Å²) in [5.74, 6) is 0.412.